The molecular weight excluding hydrogens is 339 g/mol. The summed E-state index contributed by atoms with van der Waals surface area (Å²) in [4.78, 5) is 23.4. The van der Waals surface area contributed by atoms with Crippen molar-refractivity contribution in [3.05, 3.63) is 54.1 Å². The normalized spacial score (nSPS) is 10.7. The molecule has 0 spiro atoms. The number of anilines is 2. The van der Waals surface area contributed by atoms with Crippen LogP contribution in [0.5, 0.6) is 5.75 Å². The summed E-state index contributed by atoms with van der Waals surface area (Å²) in [6, 6.07) is 10.5. The molecule has 0 saturated heterocycles. The number of hydrogen-bond acceptors (Lipinski definition) is 3. The van der Waals surface area contributed by atoms with Gasteiger partial charge in [0, 0.05) is 24.0 Å². The molecule has 0 bridgehead atoms. The van der Waals surface area contributed by atoms with Gasteiger partial charge in [0.2, 0.25) is 0 Å². The van der Waals surface area contributed by atoms with Crippen molar-refractivity contribution in [2.75, 3.05) is 17.7 Å². The lowest BCUT2D eigenvalue weighted by atomic mass is 10.2. The maximum atomic E-state index is 12.1. The summed E-state index contributed by atoms with van der Waals surface area (Å²) in [6.07, 6.45) is -4.79. The zero-order chi connectivity index (χ0) is 18.4. The highest BCUT2D eigenvalue weighted by Crippen LogP contribution is 2.23. The number of amides is 3. The molecule has 0 aliphatic heterocycles. The van der Waals surface area contributed by atoms with Gasteiger partial charge in [-0.15, -0.1) is 13.2 Å². The number of benzene rings is 2. The van der Waals surface area contributed by atoms with E-state index in [1.54, 1.807) is 18.2 Å². The molecule has 0 radical (unpaired) electrons. The smallest absolute Gasteiger partial charge is 0.406 e. The van der Waals surface area contributed by atoms with Gasteiger partial charge in [0.05, 0.1) is 0 Å². The largest absolute Gasteiger partial charge is 0.573 e. The Hall–Kier alpha value is -3.23. The summed E-state index contributed by atoms with van der Waals surface area (Å²) in [5.74, 6) is -0.934. The Morgan fingerprint density at radius 3 is 2.12 bits per heavy atom. The number of urea groups is 1. The predicted molar refractivity (Wildman–Crippen MR) is 85.6 cm³/mol. The summed E-state index contributed by atoms with van der Waals surface area (Å²) < 4.78 is 40.1. The van der Waals surface area contributed by atoms with Crippen molar-refractivity contribution in [1.82, 2.24) is 5.32 Å². The SMILES string of the molecule is CNC(=O)Nc1cccc(NC(=O)c2ccc(OC(F)(F)F)cc2)c1. The average Bonchev–Trinajstić information content (AvgIpc) is 2.54. The molecule has 3 amide bonds. The van der Waals surface area contributed by atoms with Crippen molar-refractivity contribution in [2.24, 2.45) is 0 Å². The fourth-order valence-corrected chi connectivity index (χ4v) is 1.88. The second-order valence-corrected chi connectivity index (χ2v) is 4.81. The van der Waals surface area contributed by atoms with Crippen LogP contribution in [-0.2, 0) is 0 Å². The second kappa shape index (κ2) is 7.56. The van der Waals surface area contributed by atoms with Gasteiger partial charge in [-0.05, 0) is 42.5 Å². The van der Waals surface area contributed by atoms with E-state index < -0.39 is 24.1 Å². The molecule has 0 aromatic heterocycles. The highest BCUT2D eigenvalue weighted by atomic mass is 19.4. The molecule has 0 unspecified atom stereocenters. The second-order valence-electron chi connectivity index (χ2n) is 4.81. The van der Waals surface area contributed by atoms with Crippen LogP contribution in [0, 0.1) is 0 Å². The van der Waals surface area contributed by atoms with E-state index >= 15 is 0 Å². The van der Waals surface area contributed by atoms with E-state index in [2.05, 4.69) is 20.7 Å². The van der Waals surface area contributed by atoms with Crippen LogP contribution in [0.1, 0.15) is 10.4 Å². The molecule has 9 heteroatoms. The minimum atomic E-state index is -4.79. The molecule has 2 aromatic carbocycles. The van der Waals surface area contributed by atoms with Gasteiger partial charge in [0.15, 0.2) is 0 Å². The van der Waals surface area contributed by atoms with Crippen molar-refractivity contribution in [3.63, 3.8) is 0 Å². The molecule has 132 valence electrons. The number of alkyl halides is 3. The first-order valence-electron chi connectivity index (χ1n) is 7.03. The van der Waals surface area contributed by atoms with Crippen LogP contribution in [0.2, 0.25) is 0 Å². The quantitative estimate of drug-likeness (QED) is 0.786. The van der Waals surface area contributed by atoms with Gasteiger partial charge < -0.3 is 20.7 Å². The van der Waals surface area contributed by atoms with E-state index in [1.165, 1.54) is 25.2 Å². The van der Waals surface area contributed by atoms with E-state index in [0.717, 1.165) is 12.1 Å². The molecule has 25 heavy (non-hydrogen) atoms. The van der Waals surface area contributed by atoms with Crippen LogP contribution >= 0.6 is 0 Å². The molecule has 0 fully saturated rings. The Morgan fingerprint density at radius 1 is 0.960 bits per heavy atom. The minimum Gasteiger partial charge on any atom is -0.406 e. The van der Waals surface area contributed by atoms with Gasteiger partial charge in [0.1, 0.15) is 5.75 Å². The van der Waals surface area contributed by atoms with Crippen LogP contribution in [0.4, 0.5) is 29.3 Å². The Labute approximate surface area is 141 Å². The topological polar surface area (TPSA) is 79.5 Å². The summed E-state index contributed by atoms with van der Waals surface area (Å²) in [6.45, 7) is 0. The number of carbonyl (C=O) groups excluding carboxylic acids is 2. The molecule has 0 atom stereocenters. The molecule has 2 rings (SSSR count). The van der Waals surface area contributed by atoms with E-state index in [9.17, 15) is 22.8 Å². The number of carbonyl (C=O) groups is 2. The van der Waals surface area contributed by atoms with Gasteiger partial charge >= 0.3 is 12.4 Å². The molecular formula is C16H14F3N3O3. The van der Waals surface area contributed by atoms with E-state index in [1.807, 2.05) is 0 Å². The van der Waals surface area contributed by atoms with Crippen LogP contribution in [0.25, 0.3) is 0 Å². The van der Waals surface area contributed by atoms with Crippen LogP contribution in [0.3, 0.4) is 0 Å². The van der Waals surface area contributed by atoms with Crippen molar-refractivity contribution < 1.29 is 27.5 Å². The molecule has 0 aliphatic carbocycles. The predicted octanol–water partition coefficient (Wildman–Crippen LogP) is 3.59. The summed E-state index contributed by atoms with van der Waals surface area (Å²) in [5, 5.41) is 7.53. The first-order chi connectivity index (χ1) is 11.8. The van der Waals surface area contributed by atoms with Crippen molar-refractivity contribution in [2.45, 2.75) is 6.36 Å². The van der Waals surface area contributed by atoms with Gasteiger partial charge in [-0.1, -0.05) is 6.07 Å². The Bertz CT molecular complexity index is 761. The number of nitrogens with one attached hydrogen (secondary N) is 3. The van der Waals surface area contributed by atoms with Gasteiger partial charge in [-0.2, -0.15) is 0 Å². The van der Waals surface area contributed by atoms with E-state index in [-0.39, 0.29) is 5.56 Å². The van der Waals surface area contributed by atoms with Crippen molar-refractivity contribution in [1.29, 1.82) is 0 Å². The summed E-state index contributed by atoms with van der Waals surface area (Å²) >= 11 is 0. The van der Waals surface area contributed by atoms with Crippen LogP contribution < -0.4 is 20.7 Å². The summed E-state index contributed by atoms with van der Waals surface area (Å²) in [5.41, 5.74) is 1.03. The van der Waals surface area contributed by atoms with Gasteiger partial charge in [-0.3, -0.25) is 4.79 Å². The third-order valence-electron chi connectivity index (χ3n) is 2.96. The molecule has 0 aliphatic rings. The van der Waals surface area contributed by atoms with Crippen LogP contribution in [-0.4, -0.2) is 25.3 Å². The molecule has 2 aromatic rings. The van der Waals surface area contributed by atoms with Crippen molar-refractivity contribution >= 4 is 23.3 Å². The first-order valence-corrected chi connectivity index (χ1v) is 7.03. The van der Waals surface area contributed by atoms with Gasteiger partial charge in [0.25, 0.3) is 5.91 Å². The average molecular weight is 353 g/mol. The Morgan fingerprint density at radius 2 is 1.56 bits per heavy atom. The van der Waals surface area contributed by atoms with E-state index in [4.69, 9.17) is 0 Å². The fraction of sp³-hybridized carbons (Fsp3) is 0.125. The van der Waals surface area contributed by atoms with Crippen LogP contribution in [0.15, 0.2) is 48.5 Å². The maximum Gasteiger partial charge on any atom is 0.573 e. The maximum absolute atomic E-state index is 12.1. The summed E-state index contributed by atoms with van der Waals surface area (Å²) in [7, 11) is 1.47. The van der Waals surface area contributed by atoms with Gasteiger partial charge in [-0.25, -0.2) is 4.79 Å². The Balaban J connectivity index is 2.04. The third kappa shape index (κ3) is 5.72. The highest BCUT2D eigenvalue weighted by Gasteiger charge is 2.31. The first kappa shape index (κ1) is 18.1. The standard InChI is InChI=1S/C16H14F3N3O3/c1-20-15(24)22-12-4-2-3-11(9-12)21-14(23)10-5-7-13(8-6-10)25-16(17,18)19/h2-9H,1H3,(H,21,23)(H2,20,22,24). The molecule has 3 N–H and O–H groups in total. The molecule has 6 nitrogen and oxygen atoms in total. The number of ether oxygens (including phenoxy) is 1. The third-order valence-corrected chi connectivity index (χ3v) is 2.96. The zero-order valence-corrected chi connectivity index (χ0v) is 13.0. The fourth-order valence-electron chi connectivity index (χ4n) is 1.88. The number of halogens is 3. The highest BCUT2D eigenvalue weighted by molar-refractivity contribution is 6.04. The van der Waals surface area contributed by atoms with Crippen molar-refractivity contribution in [3.8, 4) is 5.75 Å². The molecule has 0 saturated carbocycles. The lowest BCUT2D eigenvalue weighted by Crippen LogP contribution is -2.24. The van der Waals surface area contributed by atoms with E-state index in [0.29, 0.717) is 11.4 Å². The monoisotopic (exact) mass is 353 g/mol. The molecule has 0 heterocycles. The minimum absolute atomic E-state index is 0.152. The zero-order valence-electron chi connectivity index (χ0n) is 13.0. The Kier molecular flexibility index (Phi) is 5.48. The lowest BCUT2D eigenvalue weighted by Gasteiger charge is -2.10. The number of rotatable bonds is 4. The number of hydrogen-bond donors (Lipinski definition) is 3. The lowest BCUT2D eigenvalue weighted by molar-refractivity contribution is -0.274.